The van der Waals surface area contributed by atoms with Crippen LogP contribution >= 0.6 is 15.9 Å². The van der Waals surface area contributed by atoms with Gasteiger partial charge in [-0.1, -0.05) is 15.9 Å². The smallest absolute Gasteiger partial charge is 0.262 e. The number of hydrogen-bond acceptors (Lipinski definition) is 5. The molecule has 0 aliphatic heterocycles. The summed E-state index contributed by atoms with van der Waals surface area (Å²) in [6, 6.07) is 11.8. The molecule has 0 bridgehead atoms. The normalized spacial score (nSPS) is 10.8. The van der Waals surface area contributed by atoms with E-state index in [2.05, 4.69) is 21.2 Å². The van der Waals surface area contributed by atoms with Gasteiger partial charge in [-0.3, -0.25) is 4.79 Å². The minimum atomic E-state index is -0.551. The number of carbonyl (C=O) groups is 1. The Hall–Kier alpha value is -2.98. The number of methoxy groups -OCH3 is 2. The highest BCUT2D eigenvalue weighted by atomic mass is 79.9. The van der Waals surface area contributed by atoms with E-state index < -0.39 is 5.91 Å². The van der Waals surface area contributed by atoms with E-state index in [9.17, 15) is 15.2 Å². The number of ether oxygens (including phenoxy) is 2. The van der Waals surface area contributed by atoms with Crippen molar-refractivity contribution in [2.75, 3.05) is 14.2 Å². The summed E-state index contributed by atoms with van der Waals surface area (Å²) < 4.78 is 11.1. The molecule has 0 aliphatic rings. The lowest BCUT2D eigenvalue weighted by Gasteiger charge is -2.11. The van der Waals surface area contributed by atoms with Gasteiger partial charge in [0.25, 0.3) is 5.91 Å². The van der Waals surface area contributed by atoms with Crippen molar-refractivity contribution in [2.45, 2.75) is 6.54 Å². The van der Waals surface area contributed by atoms with Gasteiger partial charge >= 0.3 is 0 Å². The van der Waals surface area contributed by atoms with Gasteiger partial charge in [-0.25, -0.2) is 0 Å². The third kappa shape index (κ3) is 4.77. The second-order valence-electron chi connectivity index (χ2n) is 5.23. The van der Waals surface area contributed by atoms with Crippen LogP contribution in [0.3, 0.4) is 0 Å². The van der Waals surface area contributed by atoms with Crippen molar-refractivity contribution in [3.63, 3.8) is 0 Å². The highest BCUT2D eigenvalue weighted by molar-refractivity contribution is 9.10. The van der Waals surface area contributed by atoms with Crippen molar-refractivity contribution < 1.29 is 19.4 Å². The van der Waals surface area contributed by atoms with E-state index >= 15 is 0 Å². The first-order valence-electron chi connectivity index (χ1n) is 7.58. The summed E-state index contributed by atoms with van der Waals surface area (Å²) in [6.07, 6.45) is 1.33. The molecule has 0 unspecified atom stereocenters. The van der Waals surface area contributed by atoms with Crippen LogP contribution in [-0.4, -0.2) is 25.2 Å². The van der Waals surface area contributed by atoms with Gasteiger partial charge in [0.2, 0.25) is 0 Å². The maximum absolute atomic E-state index is 12.3. The molecule has 1 amide bonds. The van der Waals surface area contributed by atoms with E-state index in [1.165, 1.54) is 19.3 Å². The highest BCUT2D eigenvalue weighted by Crippen LogP contribution is 2.25. The van der Waals surface area contributed by atoms with Crippen LogP contribution in [0.4, 0.5) is 0 Å². The van der Waals surface area contributed by atoms with Crippen molar-refractivity contribution in [3.05, 3.63) is 57.6 Å². The molecule has 2 rings (SSSR count). The lowest BCUT2D eigenvalue weighted by atomic mass is 10.1. The first-order chi connectivity index (χ1) is 12.5. The number of hydrogen-bond donors (Lipinski definition) is 2. The number of phenols is 1. The standard InChI is InChI=1S/C19H17BrN2O4/c1-25-16-5-3-12(18(9-16)26-2)11-22-19(24)14(10-21)7-13-8-15(20)4-6-17(13)23/h3-9,23H,11H2,1-2H3,(H,22,24)/b14-7+. The van der Waals surface area contributed by atoms with Gasteiger partial charge in [0, 0.05) is 28.2 Å². The topological polar surface area (TPSA) is 91.6 Å². The van der Waals surface area contributed by atoms with Gasteiger partial charge in [0.05, 0.1) is 14.2 Å². The van der Waals surface area contributed by atoms with Crippen molar-refractivity contribution in [3.8, 4) is 23.3 Å². The first-order valence-corrected chi connectivity index (χ1v) is 8.37. The predicted octanol–water partition coefficient (Wildman–Crippen LogP) is 3.40. The molecule has 0 radical (unpaired) electrons. The Morgan fingerprint density at radius 1 is 1.27 bits per heavy atom. The summed E-state index contributed by atoms with van der Waals surface area (Å²) in [7, 11) is 3.08. The third-order valence-corrected chi connectivity index (χ3v) is 4.08. The summed E-state index contributed by atoms with van der Waals surface area (Å²) >= 11 is 3.29. The molecule has 0 fully saturated rings. The zero-order valence-electron chi connectivity index (χ0n) is 14.2. The number of nitriles is 1. The van der Waals surface area contributed by atoms with Crippen molar-refractivity contribution in [2.24, 2.45) is 0 Å². The molecule has 26 heavy (non-hydrogen) atoms. The minimum Gasteiger partial charge on any atom is -0.507 e. The van der Waals surface area contributed by atoms with Gasteiger partial charge in [-0.2, -0.15) is 5.26 Å². The monoisotopic (exact) mass is 416 g/mol. The Balaban J connectivity index is 2.17. The number of nitrogens with zero attached hydrogens (tertiary/aromatic N) is 1. The summed E-state index contributed by atoms with van der Waals surface area (Å²) in [5.74, 6) is 0.631. The van der Waals surface area contributed by atoms with Crippen LogP contribution in [0, 0.1) is 11.3 Å². The van der Waals surface area contributed by atoms with Crippen LogP contribution in [0.5, 0.6) is 17.2 Å². The summed E-state index contributed by atoms with van der Waals surface area (Å²) in [6.45, 7) is 0.176. The molecule has 0 aliphatic carbocycles. The fourth-order valence-corrected chi connectivity index (χ4v) is 2.59. The number of rotatable bonds is 6. The molecule has 2 aromatic carbocycles. The maximum Gasteiger partial charge on any atom is 0.262 e. The Labute approximate surface area is 159 Å². The fraction of sp³-hybridized carbons (Fsp3) is 0.158. The maximum atomic E-state index is 12.3. The highest BCUT2D eigenvalue weighted by Gasteiger charge is 2.12. The number of benzene rings is 2. The fourth-order valence-electron chi connectivity index (χ4n) is 2.21. The molecule has 2 aromatic rings. The van der Waals surface area contributed by atoms with Crippen molar-refractivity contribution in [1.82, 2.24) is 5.32 Å². The Kier molecular flexibility index (Phi) is 6.64. The van der Waals surface area contributed by atoms with Crippen molar-refractivity contribution in [1.29, 1.82) is 5.26 Å². The third-order valence-electron chi connectivity index (χ3n) is 3.59. The van der Waals surface area contributed by atoms with Crippen LogP contribution in [0.2, 0.25) is 0 Å². The predicted molar refractivity (Wildman–Crippen MR) is 101 cm³/mol. The second-order valence-corrected chi connectivity index (χ2v) is 6.15. The molecule has 0 spiro atoms. The molecule has 6 nitrogen and oxygen atoms in total. The van der Waals surface area contributed by atoms with Gasteiger partial charge < -0.3 is 19.9 Å². The first kappa shape index (κ1) is 19.3. The van der Waals surface area contributed by atoms with Crippen LogP contribution < -0.4 is 14.8 Å². The Morgan fingerprint density at radius 2 is 2.04 bits per heavy atom. The molecule has 0 aromatic heterocycles. The van der Waals surface area contributed by atoms with Crippen LogP contribution in [0.25, 0.3) is 6.08 Å². The van der Waals surface area contributed by atoms with Crippen LogP contribution in [0.1, 0.15) is 11.1 Å². The van der Waals surface area contributed by atoms with Crippen LogP contribution in [0.15, 0.2) is 46.4 Å². The number of aromatic hydroxyl groups is 1. The number of carbonyl (C=O) groups excluding carboxylic acids is 1. The number of phenolic OH excluding ortho intramolecular Hbond substituents is 1. The van der Waals surface area contributed by atoms with E-state index in [-0.39, 0.29) is 17.9 Å². The molecule has 7 heteroatoms. The van der Waals surface area contributed by atoms with Gasteiger partial charge in [-0.15, -0.1) is 0 Å². The molecular weight excluding hydrogens is 400 g/mol. The lowest BCUT2D eigenvalue weighted by molar-refractivity contribution is -0.117. The number of amides is 1. The number of nitrogens with one attached hydrogen (secondary N) is 1. The Morgan fingerprint density at radius 3 is 2.69 bits per heavy atom. The second kappa shape index (κ2) is 8.92. The molecular formula is C19H17BrN2O4. The molecule has 0 saturated heterocycles. The Bertz CT molecular complexity index is 888. The average Bonchev–Trinajstić information content (AvgIpc) is 2.66. The van der Waals surface area contributed by atoms with Crippen LogP contribution in [-0.2, 0) is 11.3 Å². The average molecular weight is 417 g/mol. The van der Waals surface area contributed by atoms with E-state index in [1.807, 2.05) is 6.07 Å². The molecule has 134 valence electrons. The lowest BCUT2D eigenvalue weighted by Crippen LogP contribution is -2.24. The van der Waals surface area contributed by atoms with Crippen molar-refractivity contribution >= 4 is 27.9 Å². The molecule has 0 atom stereocenters. The van der Waals surface area contributed by atoms with Gasteiger partial charge in [0.15, 0.2) is 0 Å². The largest absolute Gasteiger partial charge is 0.507 e. The quantitative estimate of drug-likeness (QED) is 0.556. The zero-order chi connectivity index (χ0) is 19.1. The summed E-state index contributed by atoms with van der Waals surface area (Å²) in [4.78, 5) is 12.3. The van der Waals surface area contributed by atoms with Gasteiger partial charge in [-0.05, 0) is 36.4 Å². The van der Waals surface area contributed by atoms with E-state index in [0.29, 0.717) is 17.1 Å². The molecule has 0 saturated carbocycles. The molecule has 2 N–H and O–H groups in total. The van der Waals surface area contributed by atoms with E-state index in [4.69, 9.17) is 9.47 Å². The molecule has 0 heterocycles. The van der Waals surface area contributed by atoms with Gasteiger partial charge in [0.1, 0.15) is 28.9 Å². The number of halogens is 1. The minimum absolute atomic E-state index is 0.0226. The van der Waals surface area contributed by atoms with E-state index in [1.54, 1.807) is 37.4 Å². The SMILES string of the molecule is COc1ccc(CNC(=O)/C(C#N)=C/c2cc(Br)ccc2O)c(OC)c1. The van der Waals surface area contributed by atoms with E-state index in [0.717, 1.165) is 10.0 Å². The zero-order valence-corrected chi connectivity index (χ0v) is 15.8. The summed E-state index contributed by atoms with van der Waals surface area (Å²) in [5.41, 5.74) is 0.989. The summed E-state index contributed by atoms with van der Waals surface area (Å²) in [5, 5.41) is 21.8.